The van der Waals surface area contributed by atoms with Gasteiger partial charge in [-0.3, -0.25) is 9.20 Å². The van der Waals surface area contributed by atoms with E-state index in [2.05, 4.69) is 19.9 Å². The number of rotatable bonds is 0. The summed E-state index contributed by atoms with van der Waals surface area (Å²) in [6.45, 7) is 0. The number of fused-ring (bicyclic) bond motifs is 3. The first-order valence-corrected chi connectivity index (χ1v) is 4.50. The van der Waals surface area contributed by atoms with Gasteiger partial charge in [0, 0.05) is 0 Å². The maximum atomic E-state index is 11.5. The van der Waals surface area contributed by atoms with E-state index in [0.29, 0.717) is 16.7 Å². The number of imidazole rings is 1. The van der Waals surface area contributed by atoms with Crippen LogP contribution in [-0.2, 0) is 0 Å². The van der Waals surface area contributed by atoms with Crippen LogP contribution >= 0.6 is 11.6 Å². The second-order valence-corrected chi connectivity index (χ2v) is 3.31. The summed E-state index contributed by atoms with van der Waals surface area (Å²) in [6.07, 6.45) is 4.55. The Hall–Kier alpha value is -1.95. The molecule has 0 bridgehead atoms. The largest absolute Gasteiger partial charge is 0.303 e. The minimum Gasteiger partial charge on any atom is -0.303 e. The number of aromatic nitrogens is 5. The third kappa shape index (κ3) is 1.11. The quantitative estimate of drug-likeness (QED) is 0.565. The van der Waals surface area contributed by atoms with Crippen LogP contribution in [0.1, 0.15) is 0 Å². The van der Waals surface area contributed by atoms with Crippen LogP contribution in [0.2, 0.25) is 5.28 Å². The molecule has 7 heteroatoms. The molecule has 0 saturated heterocycles. The highest BCUT2D eigenvalue weighted by atomic mass is 35.5. The van der Waals surface area contributed by atoms with Crippen LogP contribution in [0.25, 0.3) is 16.7 Å². The number of H-pyrrole nitrogens is 1. The van der Waals surface area contributed by atoms with Gasteiger partial charge in [0.25, 0.3) is 5.56 Å². The SMILES string of the molecule is O=c1[nH]c2nc(Cl)ncc2n2cncc12. The van der Waals surface area contributed by atoms with Crippen molar-refractivity contribution in [2.45, 2.75) is 0 Å². The van der Waals surface area contributed by atoms with Gasteiger partial charge < -0.3 is 4.98 Å². The van der Waals surface area contributed by atoms with Crippen molar-refractivity contribution in [1.82, 2.24) is 24.3 Å². The lowest BCUT2D eigenvalue weighted by molar-refractivity contribution is 1.09. The van der Waals surface area contributed by atoms with E-state index >= 15 is 0 Å². The van der Waals surface area contributed by atoms with Crippen LogP contribution in [0.4, 0.5) is 0 Å². The van der Waals surface area contributed by atoms with Crippen molar-refractivity contribution in [3.05, 3.63) is 34.4 Å². The summed E-state index contributed by atoms with van der Waals surface area (Å²) >= 11 is 5.63. The maximum absolute atomic E-state index is 11.5. The molecular weight excluding hydrogens is 218 g/mol. The van der Waals surface area contributed by atoms with E-state index in [1.165, 1.54) is 18.7 Å². The fourth-order valence-electron chi connectivity index (χ4n) is 1.45. The molecule has 3 rings (SSSR count). The van der Waals surface area contributed by atoms with Crippen molar-refractivity contribution < 1.29 is 0 Å². The lowest BCUT2D eigenvalue weighted by Gasteiger charge is -1.99. The van der Waals surface area contributed by atoms with Gasteiger partial charge in [-0.1, -0.05) is 0 Å². The summed E-state index contributed by atoms with van der Waals surface area (Å²) in [5.74, 6) is 0. The molecule has 0 amide bonds. The molecule has 0 aliphatic heterocycles. The predicted octanol–water partition coefficient (Wildman–Crippen LogP) is 0.619. The highest BCUT2D eigenvalue weighted by Gasteiger charge is 2.06. The Labute approximate surface area is 87.6 Å². The lowest BCUT2D eigenvalue weighted by atomic mass is 10.4. The van der Waals surface area contributed by atoms with Crippen molar-refractivity contribution in [2.75, 3.05) is 0 Å². The Morgan fingerprint density at radius 2 is 2.20 bits per heavy atom. The van der Waals surface area contributed by atoms with E-state index in [1.54, 1.807) is 4.40 Å². The summed E-state index contributed by atoms with van der Waals surface area (Å²) in [6, 6.07) is 0. The van der Waals surface area contributed by atoms with Crippen LogP contribution in [0.3, 0.4) is 0 Å². The molecule has 3 aromatic rings. The number of hydrogen-bond donors (Lipinski definition) is 1. The lowest BCUT2D eigenvalue weighted by Crippen LogP contribution is -2.10. The number of nitrogens with one attached hydrogen (secondary N) is 1. The number of nitrogens with zero attached hydrogens (tertiary/aromatic N) is 4. The molecule has 0 unspecified atom stereocenters. The Balaban J connectivity index is 2.66. The number of aromatic amines is 1. The smallest absolute Gasteiger partial charge is 0.275 e. The fraction of sp³-hybridized carbons (Fsp3) is 0. The summed E-state index contributed by atoms with van der Waals surface area (Å²) in [5.41, 5.74) is 1.25. The molecule has 1 N–H and O–H groups in total. The first-order chi connectivity index (χ1) is 7.25. The highest BCUT2D eigenvalue weighted by molar-refractivity contribution is 6.28. The third-order valence-electron chi connectivity index (χ3n) is 2.10. The van der Waals surface area contributed by atoms with Gasteiger partial charge in [-0.2, -0.15) is 4.98 Å². The van der Waals surface area contributed by atoms with E-state index in [-0.39, 0.29) is 10.8 Å². The summed E-state index contributed by atoms with van der Waals surface area (Å²) in [7, 11) is 0. The molecule has 3 heterocycles. The minimum absolute atomic E-state index is 0.0950. The predicted molar refractivity (Wildman–Crippen MR) is 53.9 cm³/mol. The first-order valence-electron chi connectivity index (χ1n) is 4.12. The second kappa shape index (κ2) is 2.77. The van der Waals surface area contributed by atoms with E-state index < -0.39 is 0 Å². The zero-order valence-electron chi connectivity index (χ0n) is 7.31. The van der Waals surface area contributed by atoms with Crippen LogP contribution in [0, 0.1) is 0 Å². The average Bonchev–Trinajstić information content (AvgIpc) is 2.66. The molecule has 0 fully saturated rings. The van der Waals surface area contributed by atoms with Gasteiger partial charge in [0.15, 0.2) is 5.65 Å². The molecule has 0 atom stereocenters. The second-order valence-electron chi connectivity index (χ2n) is 2.98. The zero-order chi connectivity index (χ0) is 10.4. The van der Waals surface area contributed by atoms with Crippen molar-refractivity contribution in [1.29, 1.82) is 0 Å². The van der Waals surface area contributed by atoms with Gasteiger partial charge in [-0.05, 0) is 11.6 Å². The van der Waals surface area contributed by atoms with E-state index in [4.69, 9.17) is 11.6 Å². The van der Waals surface area contributed by atoms with Crippen molar-refractivity contribution in [3.63, 3.8) is 0 Å². The minimum atomic E-state index is -0.255. The fourth-order valence-corrected chi connectivity index (χ4v) is 1.58. The van der Waals surface area contributed by atoms with Crippen LogP contribution in [-0.4, -0.2) is 24.3 Å². The average molecular weight is 222 g/mol. The summed E-state index contributed by atoms with van der Waals surface area (Å²) in [5, 5.41) is 0.0950. The first kappa shape index (κ1) is 8.37. The number of halogens is 1. The monoisotopic (exact) mass is 221 g/mol. The molecule has 0 aliphatic rings. The van der Waals surface area contributed by atoms with E-state index in [9.17, 15) is 4.79 Å². The molecule has 74 valence electrons. The van der Waals surface area contributed by atoms with Crippen LogP contribution in [0.15, 0.2) is 23.5 Å². The molecule has 3 aromatic heterocycles. The maximum Gasteiger partial charge on any atom is 0.275 e. The molecule has 0 saturated carbocycles. The molecular formula is C8H4ClN5O. The van der Waals surface area contributed by atoms with E-state index in [0.717, 1.165) is 0 Å². The Bertz CT molecular complexity index is 716. The molecule has 0 aromatic carbocycles. The van der Waals surface area contributed by atoms with Crippen LogP contribution in [0.5, 0.6) is 0 Å². The van der Waals surface area contributed by atoms with Gasteiger partial charge >= 0.3 is 0 Å². The number of hydrogen-bond acceptors (Lipinski definition) is 4. The Morgan fingerprint density at radius 1 is 1.33 bits per heavy atom. The third-order valence-corrected chi connectivity index (χ3v) is 2.28. The summed E-state index contributed by atoms with van der Waals surface area (Å²) < 4.78 is 1.62. The standard InChI is InChI=1S/C8H4ClN5O/c9-8-11-2-4-6(13-8)12-7(15)5-1-10-3-14(4)5/h1-3H,(H,11,12,13,15). The summed E-state index contributed by atoms with van der Waals surface area (Å²) in [4.78, 5) is 25.8. The normalized spacial score (nSPS) is 11.3. The molecule has 0 radical (unpaired) electrons. The van der Waals surface area contributed by atoms with Crippen LogP contribution < -0.4 is 5.56 Å². The van der Waals surface area contributed by atoms with Gasteiger partial charge in [-0.25, -0.2) is 9.97 Å². The van der Waals surface area contributed by atoms with Crippen molar-refractivity contribution >= 4 is 28.3 Å². The topological polar surface area (TPSA) is 75.9 Å². The Morgan fingerprint density at radius 3 is 3.07 bits per heavy atom. The van der Waals surface area contributed by atoms with Gasteiger partial charge in [0.2, 0.25) is 5.28 Å². The van der Waals surface area contributed by atoms with E-state index in [1.807, 2.05) is 0 Å². The highest BCUT2D eigenvalue weighted by Crippen LogP contribution is 2.10. The van der Waals surface area contributed by atoms with Gasteiger partial charge in [0.1, 0.15) is 11.0 Å². The molecule has 6 nitrogen and oxygen atoms in total. The van der Waals surface area contributed by atoms with Crippen molar-refractivity contribution in [2.24, 2.45) is 0 Å². The molecule has 0 aliphatic carbocycles. The van der Waals surface area contributed by atoms with Gasteiger partial charge in [0.05, 0.1) is 18.7 Å². The molecule has 15 heavy (non-hydrogen) atoms. The molecule has 0 spiro atoms. The Kier molecular flexibility index (Phi) is 1.54. The van der Waals surface area contributed by atoms with Gasteiger partial charge in [-0.15, -0.1) is 0 Å². The zero-order valence-corrected chi connectivity index (χ0v) is 8.06. The van der Waals surface area contributed by atoms with Crippen molar-refractivity contribution in [3.8, 4) is 0 Å².